The molecule has 3 aliphatic rings. The molecule has 3 aliphatic heterocycles. The fourth-order valence-corrected chi connectivity index (χ4v) is 3.85. The first-order valence-electron chi connectivity index (χ1n) is 8.38. The first-order valence-corrected chi connectivity index (χ1v) is 8.38. The second-order valence-electron chi connectivity index (χ2n) is 6.51. The predicted molar refractivity (Wildman–Crippen MR) is 88.8 cm³/mol. The highest BCUT2D eigenvalue weighted by molar-refractivity contribution is 5.30. The maximum atomic E-state index is 6.66. The third-order valence-electron chi connectivity index (χ3n) is 5.11. The lowest BCUT2D eigenvalue weighted by molar-refractivity contribution is -0.0927. The quantitative estimate of drug-likeness (QED) is 0.848. The van der Waals surface area contributed by atoms with Crippen molar-refractivity contribution in [3.05, 3.63) is 71.8 Å². The number of hydrogen-bond donors (Lipinski definition) is 0. The van der Waals surface area contributed by atoms with Crippen LogP contribution in [0.3, 0.4) is 0 Å². The highest BCUT2D eigenvalue weighted by Gasteiger charge is 2.36. The number of ether oxygens (including phenoxy) is 1. The molecule has 0 aromatic heterocycles. The van der Waals surface area contributed by atoms with Crippen molar-refractivity contribution in [2.45, 2.75) is 25.0 Å². The summed E-state index contributed by atoms with van der Waals surface area (Å²) in [5.41, 5.74) is 2.51. The summed E-state index contributed by atoms with van der Waals surface area (Å²) in [7, 11) is 0. The summed E-state index contributed by atoms with van der Waals surface area (Å²) < 4.78 is 6.66. The van der Waals surface area contributed by atoms with Gasteiger partial charge in [0.15, 0.2) is 0 Å². The zero-order valence-electron chi connectivity index (χ0n) is 12.9. The first kappa shape index (κ1) is 14.0. The van der Waals surface area contributed by atoms with E-state index in [0.717, 1.165) is 12.5 Å². The summed E-state index contributed by atoms with van der Waals surface area (Å²) in [5, 5.41) is 0. The lowest BCUT2D eigenvalue weighted by atomic mass is 9.85. The van der Waals surface area contributed by atoms with Crippen molar-refractivity contribution in [1.29, 1.82) is 0 Å². The summed E-state index contributed by atoms with van der Waals surface area (Å²) in [5.74, 6) is 0.736. The summed E-state index contributed by atoms with van der Waals surface area (Å²) >= 11 is 0. The molecule has 2 aromatic carbocycles. The molecule has 2 aromatic rings. The zero-order chi connectivity index (χ0) is 14.8. The van der Waals surface area contributed by atoms with E-state index in [4.69, 9.17) is 4.74 Å². The van der Waals surface area contributed by atoms with E-state index in [1.165, 1.54) is 37.1 Å². The third kappa shape index (κ3) is 2.81. The van der Waals surface area contributed by atoms with Crippen molar-refractivity contribution in [2.24, 2.45) is 5.92 Å². The van der Waals surface area contributed by atoms with Crippen molar-refractivity contribution in [3.63, 3.8) is 0 Å². The third-order valence-corrected chi connectivity index (χ3v) is 5.11. The molecule has 114 valence electrons. The van der Waals surface area contributed by atoms with Crippen LogP contribution in [0.2, 0.25) is 0 Å². The molecule has 0 N–H and O–H groups in total. The van der Waals surface area contributed by atoms with Crippen molar-refractivity contribution < 1.29 is 4.74 Å². The Morgan fingerprint density at radius 3 is 1.82 bits per heavy atom. The van der Waals surface area contributed by atoms with Gasteiger partial charge in [0.2, 0.25) is 0 Å². The van der Waals surface area contributed by atoms with Gasteiger partial charge in [-0.3, -0.25) is 0 Å². The minimum Gasteiger partial charge on any atom is -0.364 e. The molecule has 2 nitrogen and oxygen atoms in total. The molecule has 2 bridgehead atoms. The Morgan fingerprint density at radius 2 is 1.36 bits per heavy atom. The molecule has 1 atom stereocenters. The Kier molecular flexibility index (Phi) is 3.96. The maximum absolute atomic E-state index is 6.66. The number of nitrogens with zero attached hydrogens (tertiary/aromatic N) is 1. The first-order chi connectivity index (χ1) is 10.9. The highest BCUT2D eigenvalue weighted by Crippen LogP contribution is 2.35. The number of fused-ring (bicyclic) bond motifs is 3. The average molecular weight is 293 g/mol. The minimum absolute atomic E-state index is 0.0490. The van der Waals surface area contributed by atoms with E-state index in [2.05, 4.69) is 65.6 Å². The van der Waals surface area contributed by atoms with Gasteiger partial charge in [-0.2, -0.15) is 0 Å². The maximum Gasteiger partial charge on any atom is 0.108 e. The van der Waals surface area contributed by atoms with Crippen LogP contribution < -0.4 is 0 Å². The molecule has 0 unspecified atom stereocenters. The Morgan fingerprint density at radius 1 is 0.818 bits per heavy atom. The Hall–Kier alpha value is -1.64. The fourth-order valence-electron chi connectivity index (χ4n) is 3.85. The lowest BCUT2D eigenvalue weighted by Crippen LogP contribution is -2.51. The van der Waals surface area contributed by atoms with Crippen LogP contribution in [0.25, 0.3) is 0 Å². The summed E-state index contributed by atoms with van der Waals surface area (Å²) in [6, 6.07) is 21.3. The van der Waals surface area contributed by atoms with Gasteiger partial charge in [-0.15, -0.1) is 0 Å². The summed E-state index contributed by atoms with van der Waals surface area (Å²) in [4.78, 5) is 2.55. The van der Waals surface area contributed by atoms with E-state index >= 15 is 0 Å². The van der Waals surface area contributed by atoms with Crippen molar-refractivity contribution in [1.82, 2.24) is 4.90 Å². The SMILES string of the molecule is c1ccc(C(O[C@@H]2CN3CCC2CC3)c2ccccc2)cc1. The van der Waals surface area contributed by atoms with Crippen molar-refractivity contribution in [3.8, 4) is 0 Å². The van der Waals surface area contributed by atoms with E-state index in [-0.39, 0.29) is 6.10 Å². The van der Waals surface area contributed by atoms with Crippen molar-refractivity contribution in [2.75, 3.05) is 19.6 Å². The zero-order valence-corrected chi connectivity index (χ0v) is 12.9. The van der Waals surface area contributed by atoms with E-state index in [9.17, 15) is 0 Å². The van der Waals surface area contributed by atoms with Crippen LogP contribution in [-0.4, -0.2) is 30.6 Å². The molecule has 3 saturated heterocycles. The van der Waals surface area contributed by atoms with Crippen LogP contribution in [-0.2, 0) is 4.74 Å². The lowest BCUT2D eigenvalue weighted by Gasteiger charge is -2.45. The topological polar surface area (TPSA) is 12.5 Å². The van der Waals surface area contributed by atoms with E-state index < -0.39 is 0 Å². The van der Waals surface area contributed by atoms with Crippen LogP contribution in [0.15, 0.2) is 60.7 Å². The highest BCUT2D eigenvalue weighted by atomic mass is 16.5. The monoisotopic (exact) mass is 293 g/mol. The van der Waals surface area contributed by atoms with Gasteiger partial charge >= 0.3 is 0 Å². The van der Waals surface area contributed by atoms with Crippen LogP contribution in [0.4, 0.5) is 0 Å². The van der Waals surface area contributed by atoms with Crippen LogP contribution in [0.1, 0.15) is 30.1 Å². The molecule has 3 fully saturated rings. The van der Waals surface area contributed by atoms with Gasteiger partial charge in [0.05, 0.1) is 6.10 Å². The standard InChI is InChI=1S/C20H23NO/c1-3-7-17(8-4-1)20(18-9-5-2-6-10-18)22-19-15-21-13-11-16(19)12-14-21/h1-10,16,19-20H,11-15H2/t19-/m1/s1. The normalized spacial score (nSPS) is 27.2. The molecule has 3 heterocycles. The van der Waals surface area contributed by atoms with Crippen LogP contribution >= 0.6 is 0 Å². The van der Waals surface area contributed by atoms with Gasteiger partial charge in [0.25, 0.3) is 0 Å². The molecule has 0 aliphatic carbocycles. The molecule has 0 amide bonds. The van der Waals surface area contributed by atoms with E-state index in [0.29, 0.717) is 6.10 Å². The number of rotatable bonds is 4. The average Bonchev–Trinajstić information content (AvgIpc) is 2.62. The Labute approximate surface area is 132 Å². The smallest absolute Gasteiger partial charge is 0.108 e. The van der Waals surface area contributed by atoms with Gasteiger partial charge in [0.1, 0.15) is 6.10 Å². The van der Waals surface area contributed by atoms with Gasteiger partial charge in [-0.05, 0) is 43.0 Å². The second-order valence-corrected chi connectivity index (χ2v) is 6.51. The summed E-state index contributed by atoms with van der Waals surface area (Å²) in [6.45, 7) is 3.61. The molecule has 0 radical (unpaired) electrons. The predicted octanol–water partition coefficient (Wildman–Crippen LogP) is 3.89. The van der Waals surface area contributed by atoms with Crippen LogP contribution in [0, 0.1) is 5.92 Å². The molecule has 2 heteroatoms. The second kappa shape index (κ2) is 6.23. The van der Waals surface area contributed by atoms with E-state index in [1.807, 2.05) is 0 Å². The van der Waals surface area contributed by atoms with Crippen LogP contribution in [0.5, 0.6) is 0 Å². The molecule has 0 saturated carbocycles. The minimum atomic E-state index is 0.0490. The van der Waals surface area contributed by atoms with E-state index in [1.54, 1.807) is 0 Å². The largest absolute Gasteiger partial charge is 0.364 e. The molecular weight excluding hydrogens is 270 g/mol. The Bertz CT molecular complexity index is 550. The Balaban J connectivity index is 1.61. The molecular formula is C20H23NO. The van der Waals surface area contributed by atoms with Gasteiger partial charge in [-0.25, -0.2) is 0 Å². The summed E-state index contributed by atoms with van der Waals surface area (Å²) in [6.07, 6.45) is 3.00. The van der Waals surface area contributed by atoms with Gasteiger partial charge < -0.3 is 9.64 Å². The van der Waals surface area contributed by atoms with Crippen molar-refractivity contribution >= 4 is 0 Å². The number of hydrogen-bond acceptors (Lipinski definition) is 2. The molecule has 0 spiro atoms. The number of benzene rings is 2. The van der Waals surface area contributed by atoms with Gasteiger partial charge in [-0.1, -0.05) is 60.7 Å². The molecule has 22 heavy (non-hydrogen) atoms. The van der Waals surface area contributed by atoms with Gasteiger partial charge in [0, 0.05) is 6.54 Å². The number of piperidine rings is 3. The molecule has 5 rings (SSSR count). The fraction of sp³-hybridized carbons (Fsp3) is 0.400.